The highest BCUT2D eigenvalue weighted by atomic mass is 16.5. The number of hydrogen-bond acceptors (Lipinski definition) is 2. The molecular formula is C13H19NO2. The lowest BCUT2D eigenvalue weighted by Crippen LogP contribution is -2.34. The fraction of sp³-hybridized carbons (Fsp3) is 0.462. The average molecular weight is 221 g/mol. The van der Waals surface area contributed by atoms with Gasteiger partial charge in [-0.3, -0.25) is 4.79 Å². The van der Waals surface area contributed by atoms with Gasteiger partial charge >= 0.3 is 0 Å². The van der Waals surface area contributed by atoms with E-state index in [-0.39, 0.29) is 18.6 Å². The first-order valence-corrected chi connectivity index (χ1v) is 5.48. The zero-order chi connectivity index (χ0) is 12.1. The van der Waals surface area contributed by atoms with E-state index in [1.165, 1.54) is 0 Å². The number of aryl methyl sites for hydroxylation is 2. The highest BCUT2D eigenvalue weighted by Gasteiger charge is 2.04. The standard InChI is InChI=1S/C13H19NO2/c1-9(2)14-13(15)8-16-12-6-10(3)5-11(4)7-12/h5-7,9H,8H2,1-4H3,(H,14,15). The van der Waals surface area contributed by atoms with Crippen LogP contribution < -0.4 is 10.1 Å². The summed E-state index contributed by atoms with van der Waals surface area (Å²) in [5, 5.41) is 2.78. The number of hydrogen-bond donors (Lipinski definition) is 1. The van der Waals surface area contributed by atoms with Crippen molar-refractivity contribution >= 4 is 5.91 Å². The second-order valence-electron chi connectivity index (χ2n) is 4.33. The third kappa shape index (κ3) is 4.34. The molecule has 0 aromatic heterocycles. The van der Waals surface area contributed by atoms with Crippen LogP contribution in [0.1, 0.15) is 25.0 Å². The van der Waals surface area contributed by atoms with E-state index in [9.17, 15) is 4.79 Å². The van der Waals surface area contributed by atoms with Crippen molar-refractivity contribution < 1.29 is 9.53 Å². The summed E-state index contributed by atoms with van der Waals surface area (Å²) < 4.78 is 5.42. The number of amides is 1. The second kappa shape index (κ2) is 5.54. The normalized spacial score (nSPS) is 10.3. The quantitative estimate of drug-likeness (QED) is 0.846. The van der Waals surface area contributed by atoms with Gasteiger partial charge in [-0.1, -0.05) is 6.07 Å². The van der Waals surface area contributed by atoms with Gasteiger partial charge in [-0.25, -0.2) is 0 Å². The van der Waals surface area contributed by atoms with Crippen molar-refractivity contribution in [2.45, 2.75) is 33.7 Å². The van der Waals surface area contributed by atoms with Gasteiger partial charge in [0.2, 0.25) is 0 Å². The Morgan fingerprint density at radius 2 is 1.81 bits per heavy atom. The van der Waals surface area contributed by atoms with Gasteiger partial charge in [-0.2, -0.15) is 0 Å². The first kappa shape index (κ1) is 12.6. The van der Waals surface area contributed by atoms with Crippen molar-refractivity contribution in [2.75, 3.05) is 6.61 Å². The molecule has 0 spiro atoms. The SMILES string of the molecule is Cc1cc(C)cc(OCC(=O)NC(C)C)c1. The number of carbonyl (C=O) groups is 1. The molecule has 0 aliphatic carbocycles. The minimum Gasteiger partial charge on any atom is -0.484 e. The molecule has 0 unspecified atom stereocenters. The van der Waals surface area contributed by atoms with Crippen molar-refractivity contribution in [1.29, 1.82) is 0 Å². The Morgan fingerprint density at radius 1 is 1.25 bits per heavy atom. The topological polar surface area (TPSA) is 38.3 Å². The lowest BCUT2D eigenvalue weighted by Gasteiger charge is -2.10. The highest BCUT2D eigenvalue weighted by molar-refractivity contribution is 5.77. The molecule has 1 amide bonds. The molecular weight excluding hydrogens is 202 g/mol. The molecule has 0 heterocycles. The lowest BCUT2D eigenvalue weighted by atomic mass is 10.1. The molecule has 1 N–H and O–H groups in total. The summed E-state index contributed by atoms with van der Waals surface area (Å²) in [5.41, 5.74) is 2.28. The van der Waals surface area contributed by atoms with Gasteiger partial charge in [0.05, 0.1) is 0 Å². The number of carbonyl (C=O) groups excluding carboxylic acids is 1. The molecule has 1 aromatic rings. The summed E-state index contributed by atoms with van der Waals surface area (Å²) in [4.78, 5) is 11.4. The van der Waals surface area contributed by atoms with Crippen molar-refractivity contribution in [3.05, 3.63) is 29.3 Å². The van der Waals surface area contributed by atoms with Crippen LogP contribution in [0.4, 0.5) is 0 Å². The van der Waals surface area contributed by atoms with Crippen LogP contribution in [0.5, 0.6) is 5.75 Å². The van der Waals surface area contributed by atoms with Gasteiger partial charge in [-0.15, -0.1) is 0 Å². The van der Waals surface area contributed by atoms with E-state index in [0.717, 1.165) is 16.9 Å². The maximum atomic E-state index is 11.4. The molecule has 88 valence electrons. The van der Waals surface area contributed by atoms with Crippen LogP contribution in [0.3, 0.4) is 0 Å². The molecule has 0 aliphatic heterocycles. The Balaban J connectivity index is 2.51. The van der Waals surface area contributed by atoms with Crippen LogP contribution in [0, 0.1) is 13.8 Å². The van der Waals surface area contributed by atoms with Gasteiger partial charge in [0, 0.05) is 6.04 Å². The van der Waals surface area contributed by atoms with Crippen LogP contribution in [0.25, 0.3) is 0 Å². The van der Waals surface area contributed by atoms with Crippen LogP contribution >= 0.6 is 0 Å². The van der Waals surface area contributed by atoms with Gasteiger partial charge < -0.3 is 10.1 Å². The first-order valence-electron chi connectivity index (χ1n) is 5.48. The van der Waals surface area contributed by atoms with Crippen LogP contribution in [-0.4, -0.2) is 18.6 Å². The predicted octanol–water partition coefficient (Wildman–Crippen LogP) is 2.21. The van der Waals surface area contributed by atoms with Gasteiger partial charge in [0.15, 0.2) is 6.61 Å². The van der Waals surface area contributed by atoms with Crippen LogP contribution in [0.2, 0.25) is 0 Å². The summed E-state index contributed by atoms with van der Waals surface area (Å²) in [6.45, 7) is 7.94. The molecule has 0 aliphatic rings. The van der Waals surface area contributed by atoms with Crippen molar-refractivity contribution in [1.82, 2.24) is 5.32 Å². The third-order valence-electron chi connectivity index (χ3n) is 2.01. The Kier molecular flexibility index (Phi) is 4.35. The van der Waals surface area contributed by atoms with Gasteiger partial charge in [0.1, 0.15) is 5.75 Å². The molecule has 0 saturated carbocycles. The Labute approximate surface area is 96.8 Å². The number of nitrogens with one attached hydrogen (secondary N) is 1. The molecule has 0 radical (unpaired) electrons. The van der Waals surface area contributed by atoms with Crippen LogP contribution in [-0.2, 0) is 4.79 Å². The first-order chi connectivity index (χ1) is 7.47. The molecule has 3 nitrogen and oxygen atoms in total. The zero-order valence-corrected chi connectivity index (χ0v) is 10.3. The zero-order valence-electron chi connectivity index (χ0n) is 10.3. The monoisotopic (exact) mass is 221 g/mol. The molecule has 16 heavy (non-hydrogen) atoms. The second-order valence-corrected chi connectivity index (χ2v) is 4.33. The minimum absolute atomic E-state index is 0.0705. The summed E-state index contributed by atoms with van der Waals surface area (Å²) in [6, 6.07) is 6.07. The van der Waals surface area contributed by atoms with E-state index in [2.05, 4.69) is 11.4 Å². The number of ether oxygens (including phenoxy) is 1. The molecule has 1 rings (SSSR count). The van der Waals surface area contributed by atoms with E-state index < -0.39 is 0 Å². The minimum atomic E-state index is -0.0887. The van der Waals surface area contributed by atoms with E-state index in [1.807, 2.05) is 39.8 Å². The summed E-state index contributed by atoms with van der Waals surface area (Å²) in [5.74, 6) is 0.658. The molecule has 0 saturated heterocycles. The van der Waals surface area contributed by atoms with Crippen LogP contribution in [0.15, 0.2) is 18.2 Å². The summed E-state index contributed by atoms with van der Waals surface area (Å²) in [7, 11) is 0. The van der Waals surface area contributed by atoms with Crippen molar-refractivity contribution in [3.8, 4) is 5.75 Å². The molecule has 0 atom stereocenters. The third-order valence-corrected chi connectivity index (χ3v) is 2.01. The van der Waals surface area contributed by atoms with Gasteiger partial charge in [0.25, 0.3) is 5.91 Å². The number of benzene rings is 1. The molecule has 0 fully saturated rings. The van der Waals surface area contributed by atoms with E-state index >= 15 is 0 Å². The number of rotatable bonds is 4. The predicted molar refractivity (Wildman–Crippen MR) is 64.7 cm³/mol. The fourth-order valence-corrected chi connectivity index (χ4v) is 1.53. The Hall–Kier alpha value is -1.51. The van der Waals surface area contributed by atoms with E-state index in [0.29, 0.717) is 0 Å². The fourth-order valence-electron chi connectivity index (χ4n) is 1.53. The van der Waals surface area contributed by atoms with Crippen molar-refractivity contribution in [3.63, 3.8) is 0 Å². The molecule has 3 heteroatoms. The van der Waals surface area contributed by atoms with Gasteiger partial charge in [-0.05, 0) is 51.0 Å². The summed E-state index contributed by atoms with van der Waals surface area (Å²) >= 11 is 0. The molecule has 0 bridgehead atoms. The largest absolute Gasteiger partial charge is 0.484 e. The maximum absolute atomic E-state index is 11.4. The Morgan fingerprint density at radius 3 is 2.31 bits per heavy atom. The maximum Gasteiger partial charge on any atom is 0.258 e. The molecule has 1 aromatic carbocycles. The van der Waals surface area contributed by atoms with Crippen molar-refractivity contribution in [2.24, 2.45) is 0 Å². The average Bonchev–Trinajstić information content (AvgIpc) is 2.12. The highest BCUT2D eigenvalue weighted by Crippen LogP contribution is 2.15. The summed E-state index contributed by atoms with van der Waals surface area (Å²) in [6.07, 6.45) is 0. The lowest BCUT2D eigenvalue weighted by molar-refractivity contribution is -0.123. The van der Waals surface area contributed by atoms with E-state index in [4.69, 9.17) is 4.74 Å². The van der Waals surface area contributed by atoms with E-state index in [1.54, 1.807) is 0 Å². The smallest absolute Gasteiger partial charge is 0.258 e. The Bertz CT molecular complexity index is 352.